The van der Waals surface area contributed by atoms with Crippen molar-refractivity contribution in [1.29, 1.82) is 0 Å². The third-order valence-electron chi connectivity index (χ3n) is 2.97. The van der Waals surface area contributed by atoms with E-state index >= 15 is 0 Å². The lowest BCUT2D eigenvalue weighted by Crippen LogP contribution is -2.24. The van der Waals surface area contributed by atoms with Crippen LogP contribution in [0.1, 0.15) is 78.6 Å². The molecule has 0 heterocycles. The van der Waals surface area contributed by atoms with E-state index in [2.05, 4.69) is 22.9 Å². The molecule has 0 atom stereocenters. The van der Waals surface area contributed by atoms with Gasteiger partial charge in [-0.25, -0.2) is 4.79 Å². The van der Waals surface area contributed by atoms with Crippen LogP contribution in [0.25, 0.3) is 0 Å². The zero-order chi connectivity index (χ0) is 15.3. The molecule has 0 saturated heterocycles. The summed E-state index contributed by atoms with van der Waals surface area (Å²) in [6, 6.07) is 0. The summed E-state index contributed by atoms with van der Waals surface area (Å²) in [5.74, 6) is 0.832. The van der Waals surface area contributed by atoms with Gasteiger partial charge < -0.3 is 4.18 Å². The Morgan fingerprint density at radius 2 is 1.50 bits per heavy atom. The molecule has 0 aromatic carbocycles. The Balaban J connectivity index is 3.16. The quantitative estimate of drug-likeness (QED) is 0.156. The van der Waals surface area contributed by atoms with Crippen LogP contribution in [-0.2, 0) is 8.98 Å². The molecule has 0 saturated carbocycles. The SMILES string of the molecule is CCCCCCCCCCCSSOC(=O)C(C)(C)Br. The number of halogens is 1. The van der Waals surface area contributed by atoms with Crippen LogP contribution in [0, 0.1) is 0 Å². The third kappa shape index (κ3) is 13.6. The molecule has 0 unspecified atom stereocenters. The van der Waals surface area contributed by atoms with Crippen LogP contribution in [0.15, 0.2) is 0 Å². The van der Waals surface area contributed by atoms with E-state index in [-0.39, 0.29) is 5.97 Å². The summed E-state index contributed by atoms with van der Waals surface area (Å²) >= 11 is 4.48. The highest BCUT2D eigenvalue weighted by Crippen LogP contribution is 2.28. The molecule has 5 heteroatoms. The second-order valence-electron chi connectivity index (χ2n) is 5.56. The lowest BCUT2D eigenvalue weighted by atomic mass is 10.1. The van der Waals surface area contributed by atoms with E-state index in [0.717, 1.165) is 5.75 Å². The first-order valence-corrected chi connectivity index (χ1v) is 10.7. The van der Waals surface area contributed by atoms with Crippen LogP contribution < -0.4 is 0 Å². The van der Waals surface area contributed by atoms with Crippen LogP contribution >= 0.6 is 37.8 Å². The minimum atomic E-state index is -0.585. The molecule has 0 aromatic rings. The molecule has 20 heavy (non-hydrogen) atoms. The molecule has 0 aliphatic carbocycles. The monoisotopic (exact) mass is 384 g/mol. The van der Waals surface area contributed by atoms with Gasteiger partial charge in [0.05, 0.1) is 0 Å². The van der Waals surface area contributed by atoms with Gasteiger partial charge >= 0.3 is 5.97 Å². The molecule has 0 aromatic heterocycles. The molecule has 120 valence electrons. The number of hydrogen-bond acceptors (Lipinski definition) is 4. The molecular weight excluding hydrogens is 356 g/mol. The zero-order valence-corrected chi connectivity index (χ0v) is 16.3. The molecule has 0 rings (SSSR count). The van der Waals surface area contributed by atoms with Crippen molar-refractivity contribution in [1.82, 2.24) is 0 Å². The molecule has 0 amide bonds. The molecule has 0 N–H and O–H groups in total. The molecule has 0 aliphatic rings. The van der Waals surface area contributed by atoms with Gasteiger partial charge in [-0.2, -0.15) is 0 Å². The number of carbonyl (C=O) groups is 1. The highest BCUT2D eigenvalue weighted by Gasteiger charge is 2.25. The van der Waals surface area contributed by atoms with Gasteiger partial charge in [0.2, 0.25) is 0 Å². The van der Waals surface area contributed by atoms with Crippen molar-refractivity contribution < 1.29 is 8.98 Å². The van der Waals surface area contributed by atoms with E-state index in [0.29, 0.717) is 0 Å². The van der Waals surface area contributed by atoms with Gasteiger partial charge in [-0.3, -0.25) is 0 Å². The maximum Gasteiger partial charge on any atom is 0.335 e. The van der Waals surface area contributed by atoms with Gasteiger partial charge in [0.25, 0.3) is 0 Å². The van der Waals surface area contributed by atoms with Gasteiger partial charge in [0.1, 0.15) is 15.4 Å². The predicted octanol–water partition coefficient (Wildman–Crippen LogP) is 6.53. The fourth-order valence-electron chi connectivity index (χ4n) is 1.66. The first-order chi connectivity index (χ1) is 9.48. The lowest BCUT2D eigenvalue weighted by Gasteiger charge is -2.12. The maximum atomic E-state index is 11.4. The summed E-state index contributed by atoms with van der Waals surface area (Å²) in [6.45, 7) is 5.84. The molecule has 0 spiro atoms. The Hall–Kier alpha value is 0.650. The first-order valence-electron chi connectivity index (χ1n) is 7.68. The fraction of sp³-hybridized carbons (Fsp3) is 0.933. The standard InChI is InChI=1S/C15H29BrO2S2/c1-4-5-6-7-8-9-10-11-12-13-19-20-18-14(17)15(2,3)16/h4-13H2,1-3H3. The lowest BCUT2D eigenvalue weighted by molar-refractivity contribution is -0.134. The van der Waals surface area contributed by atoms with Gasteiger partial charge in [0, 0.05) is 5.75 Å². The Bertz CT molecular complexity index is 243. The minimum Gasteiger partial charge on any atom is -0.378 e. The van der Waals surface area contributed by atoms with Crippen molar-refractivity contribution in [3.8, 4) is 0 Å². The number of carbonyl (C=O) groups excluding carboxylic acids is 1. The van der Waals surface area contributed by atoms with E-state index in [4.69, 9.17) is 4.18 Å². The van der Waals surface area contributed by atoms with E-state index < -0.39 is 4.32 Å². The van der Waals surface area contributed by atoms with Crippen molar-refractivity contribution in [3.05, 3.63) is 0 Å². The molecule has 0 radical (unpaired) electrons. The van der Waals surface area contributed by atoms with Crippen molar-refractivity contribution >= 4 is 43.8 Å². The van der Waals surface area contributed by atoms with E-state index in [1.54, 1.807) is 24.6 Å². The Kier molecular flexibility index (Phi) is 13.8. The summed E-state index contributed by atoms with van der Waals surface area (Å²) in [5, 5.41) is 0. The maximum absolute atomic E-state index is 11.4. The zero-order valence-electron chi connectivity index (χ0n) is 13.1. The number of rotatable bonds is 13. The van der Waals surface area contributed by atoms with Crippen molar-refractivity contribution in [2.45, 2.75) is 82.9 Å². The molecule has 0 aliphatic heterocycles. The minimum absolute atomic E-state index is 0.220. The molecule has 0 bridgehead atoms. The second kappa shape index (κ2) is 13.3. The highest BCUT2D eigenvalue weighted by atomic mass is 79.9. The summed E-state index contributed by atoms with van der Waals surface area (Å²) in [6.07, 6.45) is 12.1. The van der Waals surface area contributed by atoms with Crippen LogP contribution in [0.5, 0.6) is 0 Å². The largest absolute Gasteiger partial charge is 0.378 e. The van der Waals surface area contributed by atoms with E-state index in [1.807, 2.05) is 0 Å². The summed E-state index contributed by atoms with van der Waals surface area (Å²) in [7, 11) is 1.63. The molecule has 2 nitrogen and oxygen atoms in total. The normalized spacial score (nSPS) is 11.6. The third-order valence-corrected chi connectivity index (χ3v) is 5.06. The number of alkyl halides is 1. The highest BCUT2D eigenvalue weighted by molar-refractivity contribution is 9.10. The van der Waals surface area contributed by atoms with E-state index in [1.165, 1.54) is 68.9 Å². The van der Waals surface area contributed by atoms with Gasteiger partial charge in [-0.1, -0.05) is 85.0 Å². The van der Waals surface area contributed by atoms with Crippen LogP contribution in [0.4, 0.5) is 0 Å². The topological polar surface area (TPSA) is 26.3 Å². The van der Waals surface area contributed by atoms with Crippen LogP contribution in [0.3, 0.4) is 0 Å². The summed E-state index contributed by atoms with van der Waals surface area (Å²) in [5.41, 5.74) is 0. The van der Waals surface area contributed by atoms with Crippen LogP contribution in [0.2, 0.25) is 0 Å². The van der Waals surface area contributed by atoms with Crippen LogP contribution in [-0.4, -0.2) is 16.0 Å². The Labute approximate surface area is 141 Å². The number of unbranched alkanes of at least 4 members (excludes halogenated alkanes) is 8. The van der Waals surface area contributed by atoms with Gasteiger partial charge in [-0.05, 0) is 20.3 Å². The van der Waals surface area contributed by atoms with E-state index in [9.17, 15) is 4.79 Å². The first kappa shape index (κ1) is 20.6. The van der Waals surface area contributed by atoms with Crippen molar-refractivity contribution in [2.75, 3.05) is 5.75 Å². The number of hydrogen-bond donors (Lipinski definition) is 0. The average molecular weight is 385 g/mol. The molecular formula is C15H29BrO2S2. The van der Waals surface area contributed by atoms with Gasteiger partial charge in [0.15, 0.2) is 0 Å². The summed E-state index contributed by atoms with van der Waals surface area (Å²) in [4.78, 5) is 11.4. The van der Waals surface area contributed by atoms with Crippen molar-refractivity contribution in [2.24, 2.45) is 0 Å². The molecule has 0 fully saturated rings. The smallest absolute Gasteiger partial charge is 0.335 e. The Morgan fingerprint density at radius 3 is 2.00 bits per heavy atom. The predicted molar refractivity (Wildman–Crippen MR) is 96.4 cm³/mol. The fourth-order valence-corrected chi connectivity index (χ4v) is 3.44. The average Bonchev–Trinajstić information content (AvgIpc) is 2.38. The second-order valence-corrected chi connectivity index (χ2v) is 9.61. The summed E-state index contributed by atoms with van der Waals surface area (Å²) < 4.78 is 4.50. The van der Waals surface area contributed by atoms with Gasteiger partial charge in [-0.15, -0.1) is 0 Å². The Morgan fingerprint density at radius 1 is 1.00 bits per heavy atom. The van der Waals surface area contributed by atoms with Crippen molar-refractivity contribution in [3.63, 3.8) is 0 Å².